The summed E-state index contributed by atoms with van der Waals surface area (Å²) >= 11 is 2.84. The molecule has 0 unspecified atom stereocenters. The van der Waals surface area contributed by atoms with Gasteiger partial charge in [0.05, 0.1) is 17.7 Å². The number of aliphatic hydroxyl groups excluding tert-OH is 1. The zero-order chi connectivity index (χ0) is 10.7. The summed E-state index contributed by atoms with van der Waals surface area (Å²) in [5.41, 5.74) is -0.540. The van der Waals surface area contributed by atoms with Crippen LogP contribution >= 0.6 is 15.9 Å². The zero-order valence-electron chi connectivity index (χ0n) is 6.84. The normalized spacial score (nSPS) is 10.3. The van der Waals surface area contributed by atoms with E-state index >= 15 is 0 Å². The molecule has 6 heteroatoms. The van der Waals surface area contributed by atoms with Crippen molar-refractivity contribution in [3.05, 3.63) is 27.5 Å². The van der Waals surface area contributed by atoms with Gasteiger partial charge in [-0.15, -0.1) is 0 Å². The molecule has 74 valence electrons. The largest absolute Gasteiger partial charge is 0.392 e. The van der Waals surface area contributed by atoms with E-state index in [0.29, 0.717) is 0 Å². The highest BCUT2D eigenvalue weighted by molar-refractivity contribution is 9.10. The first-order valence-electron chi connectivity index (χ1n) is 3.58. The van der Waals surface area contributed by atoms with E-state index in [2.05, 4.69) is 20.9 Å². The van der Waals surface area contributed by atoms with Crippen molar-refractivity contribution >= 4 is 15.9 Å². The van der Waals surface area contributed by atoms with Crippen molar-refractivity contribution in [3.8, 4) is 6.07 Å². The third-order valence-electron chi connectivity index (χ3n) is 1.68. The van der Waals surface area contributed by atoms with Crippen molar-refractivity contribution in [1.29, 1.82) is 5.26 Å². The van der Waals surface area contributed by atoms with Crippen molar-refractivity contribution in [2.75, 3.05) is 0 Å². The number of aromatic nitrogens is 1. The Bertz CT molecular complexity index is 390. The molecule has 1 aromatic rings. The molecule has 1 N–H and O–H groups in total. The van der Waals surface area contributed by atoms with Crippen molar-refractivity contribution in [2.45, 2.75) is 13.0 Å². The predicted molar refractivity (Wildman–Crippen MR) is 47.5 cm³/mol. The molecular weight excluding hydrogens is 258 g/mol. The van der Waals surface area contributed by atoms with E-state index < -0.39 is 18.6 Å². The van der Waals surface area contributed by atoms with Crippen molar-refractivity contribution in [2.24, 2.45) is 0 Å². The van der Waals surface area contributed by atoms with E-state index in [9.17, 15) is 8.78 Å². The third kappa shape index (κ3) is 1.89. The predicted octanol–water partition coefficient (Wildman–Crippen LogP) is 2.15. The standard InChI is InChI=1S/C8H5BrF2N2O/c9-7-6(8(10)11)5(3-14)4(1-12)2-13-7/h2,8,14H,3H2. The number of hydrogen-bond acceptors (Lipinski definition) is 3. The summed E-state index contributed by atoms with van der Waals surface area (Å²) in [6.45, 7) is -0.607. The molecular formula is C8H5BrF2N2O. The van der Waals surface area contributed by atoms with Crippen LogP contribution < -0.4 is 0 Å². The number of halogens is 3. The monoisotopic (exact) mass is 262 g/mol. The van der Waals surface area contributed by atoms with E-state index in [1.807, 2.05) is 0 Å². The summed E-state index contributed by atoms with van der Waals surface area (Å²) in [4.78, 5) is 3.58. The Kier molecular flexibility index (Phi) is 3.49. The van der Waals surface area contributed by atoms with Gasteiger partial charge in [-0.3, -0.25) is 0 Å². The van der Waals surface area contributed by atoms with Crippen molar-refractivity contribution < 1.29 is 13.9 Å². The lowest BCUT2D eigenvalue weighted by atomic mass is 10.1. The van der Waals surface area contributed by atoms with Crippen LogP contribution in [0.3, 0.4) is 0 Å². The zero-order valence-corrected chi connectivity index (χ0v) is 8.42. The lowest BCUT2D eigenvalue weighted by Gasteiger charge is -2.09. The SMILES string of the molecule is N#Cc1cnc(Br)c(C(F)F)c1CO. The van der Waals surface area contributed by atoms with Crippen LogP contribution in [0.25, 0.3) is 0 Å². The minimum atomic E-state index is -2.77. The van der Waals surface area contributed by atoms with Gasteiger partial charge in [0.25, 0.3) is 6.43 Å². The average molecular weight is 263 g/mol. The Morgan fingerprint density at radius 2 is 2.29 bits per heavy atom. The number of alkyl halides is 2. The van der Waals surface area contributed by atoms with Gasteiger partial charge < -0.3 is 5.11 Å². The van der Waals surface area contributed by atoms with Gasteiger partial charge in [0.15, 0.2) is 0 Å². The Hall–Kier alpha value is -1.06. The highest BCUT2D eigenvalue weighted by Gasteiger charge is 2.20. The summed E-state index contributed by atoms with van der Waals surface area (Å²) in [5, 5.41) is 17.5. The van der Waals surface area contributed by atoms with E-state index in [4.69, 9.17) is 10.4 Å². The van der Waals surface area contributed by atoms with E-state index in [0.717, 1.165) is 6.20 Å². The fourth-order valence-corrected chi connectivity index (χ4v) is 1.54. The minimum Gasteiger partial charge on any atom is -0.392 e. The number of rotatable bonds is 2. The number of nitrogens with zero attached hydrogens (tertiary/aromatic N) is 2. The van der Waals surface area contributed by atoms with Crippen LogP contribution in [0.5, 0.6) is 0 Å². The lowest BCUT2D eigenvalue weighted by Crippen LogP contribution is -2.01. The highest BCUT2D eigenvalue weighted by Crippen LogP contribution is 2.30. The molecule has 0 fully saturated rings. The van der Waals surface area contributed by atoms with Crippen LogP contribution in [0, 0.1) is 11.3 Å². The third-order valence-corrected chi connectivity index (χ3v) is 2.31. The first kappa shape index (κ1) is 11.0. The van der Waals surface area contributed by atoms with E-state index in [1.165, 1.54) is 0 Å². The molecule has 0 bridgehead atoms. The van der Waals surface area contributed by atoms with Gasteiger partial charge in [-0.25, -0.2) is 13.8 Å². The lowest BCUT2D eigenvalue weighted by molar-refractivity contribution is 0.145. The maximum atomic E-state index is 12.5. The Morgan fingerprint density at radius 1 is 1.64 bits per heavy atom. The molecule has 1 aromatic heterocycles. The quantitative estimate of drug-likeness (QED) is 0.831. The molecule has 0 aliphatic heterocycles. The molecule has 0 aliphatic carbocycles. The van der Waals surface area contributed by atoms with Gasteiger partial charge in [0.1, 0.15) is 10.7 Å². The van der Waals surface area contributed by atoms with Crippen LogP contribution in [0.1, 0.15) is 23.1 Å². The smallest absolute Gasteiger partial charge is 0.266 e. The number of nitriles is 1. The summed E-state index contributed by atoms with van der Waals surface area (Å²) in [5.74, 6) is 0. The average Bonchev–Trinajstić information content (AvgIpc) is 2.16. The van der Waals surface area contributed by atoms with Crippen LogP contribution in [0.2, 0.25) is 0 Å². The second-order valence-electron chi connectivity index (χ2n) is 2.43. The molecule has 0 aliphatic rings. The second kappa shape index (κ2) is 4.44. The molecule has 0 atom stereocenters. The fourth-order valence-electron chi connectivity index (χ4n) is 1.03. The van der Waals surface area contributed by atoms with Gasteiger partial charge in [0.2, 0.25) is 0 Å². The Morgan fingerprint density at radius 3 is 2.71 bits per heavy atom. The summed E-state index contributed by atoms with van der Waals surface area (Å²) < 4.78 is 25.0. The maximum Gasteiger partial charge on any atom is 0.266 e. The molecule has 3 nitrogen and oxygen atoms in total. The molecule has 1 heterocycles. The number of aliphatic hydroxyl groups is 1. The summed E-state index contributed by atoms with van der Waals surface area (Å²) in [7, 11) is 0. The molecule has 14 heavy (non-hydrogen) atoms. The van der Waals surface area contributed by atoms with Gasteiger partial charge in [0, 0.05) is 11.8 Å². The Balaban J connectivity index is 3.45. The molecule has 1 rings (SSSR count). The van der Waals surface area contributed by atoms with Crippen molar-refractivity contribution in [3.63, 3.8) is 0 Å². The number of pyridine rings is 1. The van der Waals surface area contributed by atoms with Crippen LogP contribution in [0.15, 0.2) is 10.8 Å². The van der Waals surface area contributed by atoms with Crippen LogP contribution in [0.4, 0.5) is 8.78 Å². The molecule has 0 saturated heterocycles. The first-order valence-corrected chi connectivity index (χ1v) is 4.37. The van der Waals surface area contributed by atoms with Gasteiger partial charge in [-0.05, 0) is 15.9 Å². The summed E-state index contributed by atoms with van der Waals surface area (Å²) in [6, 6.07) is 1.69. The molecule has 0 spiro atoms. The van der Waals surface area contributed by atoms with Crippen LogP contribution in [-0.4, -0.2) is 10.1 Å². The topological polar surface area (TPSA) is 56.9 Å². The van der Waals surface area contributed by atoms with E-state index in [1.54, 1.807) is 6.07 Å². The molecule has 0 radical (unpaired) electrons. The molecule has 0 amide bonds. The van der Waals surface area contributed by atoms with Gasteiger partial charge in [-0.1, -0.05) is 0 Å². The fraction of sp³-hybridized carbons (Fsp3) is 0.250. The Labute approximate surface area is 87.1 Å². The van der Waals surface area contributed by atoms with E-state index in [-0.39, 0.29) is 15.7 Å². The highest BCUT2D eigenvalue weighted by atomic mass is 79.9. The first-order chi connectivity index (χ1) is 6.61. The van der Waals surface area contributed by atoms with Crippen molar-refractivity contribution in [1.82, 2.24) is 4.98 Å². The molecule has 0 aromatic carbocycles. The minimum absolute atomic E-state index is 0.0361. The summed E-state index contributed by atoms with van der Waals surface area (Å²) in [6.07, 6.45) is -1.63. The van der Waals surface area contributed by atoms with Gasteiger partial charge >= 0.3 is 0 Å². The molecule has 0 saturated carbocycles. The number of hydrogen-bond donors (Lipinski definition) is 1. The maximum absolute atomic E-state index is 12.5. The second-order valence-corrected chi connectivity index (χ2v) is 3.18. The van der Waals surface area contributed by atoms with Crippen LogP contribution in [-0.2, 0) is 6.61 Å². The van der Waals surface area contributed by atoms with Gasteiger partial charge in [-0.2, -0.15) is 5.26 Å².